The van der Waals surface area contributed by atoms with E-state index in [1.54, 1.807) is 12.1 Å². The fourth-order valence-electron chi connectivity index (χ4n) is 8.86. The van der Waals surface area contributed by atoms with Crippen molar-refractivity contribution < 1.29 is 8.81 Å². The monoisotopic (exact) mass is 732 g/mol. The van der Waals surface area contributed by atoms with E-state index in [4.69, 9.17) is 14.4 Å². The molecule has 0 saturated carbocycles. The highest BCUT2D eigenvalue weighted by atomic mass is 19.1. The van der Waals surface area contributed by atoms with E-state index < -0.39 is 5.41 Å². The van der Waals surface area contributed by atoms with Crippen LogP contribution in [0.1, 0.15) is 22.3 Å². The van der Waals surface area contributed by atoms with Crippen LogP contribution in [0.2, 0.25) is 0 Å². The van der Waals surface area contributed by atoms with E-state index in [2.05, 4.69) is 146 Å². The van der Waals surface area contributed by atoms with Crippen molar-refractivity contribution in [2.75, 3.05) is 0 Å². The number of hydrogen-bond donors (Lipinski definition) is 0. The zero-order valence-electron chi connectivity index (χ0n) is 30.7. The van der Waals surface area contributed by atoms with E-state index >= 15 is 0 Å². The quantitative estimate of drug-likeness (QED) is 0.171. The third-order valence-electron chi connectivity index (χ3n) is 11.5. The first-order valence-corrected chi connectivity index (χ1v) is 19.2. The summed E-state index contributed by atoms with van der Waals surface area (Å²) < 4.78 is 20.8. The van der Waals surface area contributed by atoms with Gasteiger partial charge in [0.2, 0.25) is 0 Å². The first-order valence-electron chi connectivity index (χ1n) is 19.2. The van der Waals surface area contributed by atoms with E-state index in [1.165, 1.54) is 39.4 Å². The Labute approximate surface area is 329 Å². The normalized spacial score (nSPS) is 12.8. The Morgan fingerprint density at radius 2 is 1.00 bits per heavy atom. The Bertz CT molecular complexity index is 3080. The second kappa shape index (κ2) is 13.1. The van der Waals surface area contributed by atoms with Gasteiger partial charge in [0.15, 0.2) is 5.82 Å². The average molecular weight is 733 g/mol. The Balaban J connectivity index is 1.06. The summed E-state index contributed by atoms with van der Waals surface area (Å²) in [6.45, 7) is 0. The van der Waals surface area contributed by atoms with Crippen molar-refractivity contribution in [3.05, 3.63) is 228 Å². The number of hydrogen-bond acceptors (Lipinski definition) is 3. The SMILES string of the molecule is Fc1cccc2oc3ccc(-c4ccc(-c5cc(-c6ccc7c(c6)C(c6ccccc6)(c6ccccc6)c6ccccc6-7)nc(-c6ccccc6)n5)cc4)cc3c12. The zero-order valence-corrected chi connectivity index (χ0v) is 30.7. The molecule has 57 heavy (non-hydrogen) atoms. The molecule has 10 aromatic rings. The second-order valence-electron chi connectivity index (χ2n) is 14.6. The number of benzene rings is 8. The summed E-state index contributed by atoms with van der Waals surface area (Å²) in [7, 11) is 0. The average Bonchev–Trinajstić information content (AvgIpc) is 3.81. The summed E-state index contributed by atoms with van der Waals surface area (Å²) in [4.78, 5) is 10.4. The lowest BCUT2D eigenvalue weighted by Crippen LogP contribution is -2.28. The lowest BCUT2D eigenvalue weighted by molar-refractivity contribution is 0.634. The summed E-state index contributed by atoms with van der Waals surface area (Å²) in [5, 5.41) is 1.27. The van der Waals surface area contributed by atoms with Gasteiger partial charge in [-0.2, -0.15) is 0 Å². The fourth-order valence-corrected chi connectivity index (χ4v) is 8.86. The van der Waals surface area contributed by atoms with Gasteiger partial charge in [0.1, 0.15) is 17.0 Å². The molecule has 268 valence electrons. The Kier molecular flexibility index (Phi) is 7.58. The Morgan fingerprint density at radius 3 is 1.74 bits per heavy atom. The second-order valence-corrected chi connectivity index (χ2v) is 14.6. The molecular weight excluding hydrogens is 700 g/mol. The molecule has 0 fully saturated rings. The maximum absolute atomic E-state index is 14.9. The molecule has 0 N–H and O–H groups in total. The molecule has 2 aromatic heterocycles. The van der Waals surface area contributed by atoms with Crippen LogP contribution in [0.4, 0.5) is 4.39 Å². The van der Waals surface area contributed by atoms with Gasteiger partial charge in [-0.05, 0) is 80.9 Å². The molecule has 0 bridgehead atoms. The molecule has 0 aliphatic heterocycles. The van der Waals surface area contributed by atoms with Crippen LogP contribution in [0.15, 0.2) is 205 Å². The lowest BCUT2D eigenvalue weighted by atomic mass is 9.67. The van der Waals surface area contributed by atoms with Crippen LogP contribution in [-0.4, -0.2) is 9.97 Å². The Hall–Kier alpha value is -7.43. The molecule has 8 aromatic carbocycles. The molecule has 0 saturated heterocycles. The van der Waals surface area contributed by atoms with E-state index in [-0.39, 0.29) is 5.82 Å². The van der Waals surface area contributed by atoms with Crippen LogP contribution in [0.3, 0.4) is 0 Å². The van der Waals surface area contributed by atoms with Crippen LogP contribution in [0.5, 0.6) is 0 Å². The van der Waals surface area contributed by atoms with Crippen LogP contribution in [0, 0.1) is 5.82 Å². The minimum atomic E-state index is -0.518. The molecule has 0 radical (unpaired) electrons. The van der Waals surface area contributed by atoms with Gasteiger partial charge in [-0.1, -0.05) is 164 Å². The van der Waals surface area contributed by atoms with Crippen molar-refractivity contribution in [3.8, 4) is 56.2 Å². The third-order valence-corrected chi connectivity index (χ3v) is 11.5. The van der Waals surface area contributed by atoms with E-state index in [0.29, 0.717) is 22.4 Å². The van der Waals surface area contributed by atoms with Crippen molar-refractivity contribution in [1.82, 2.24) is 9.97 Å². The number of halogens is 1. The molecule has 0 spiro atoms. The van der Waals surface area contributed by atoms with E-state index in [1.807, 2.05) is 36.4 Å². The Morgan fingerprint density at radius 1 is 0.404 bits per heavy atom. The largest absolute Gasteiger partial charge is 0.456 e. The first-order chi connectivity index (χ1) is 28.1. The van der Waals surface area contributed by atoms with Crippen LogP contribution in [0.25, 0.3) is 78.1 Å². The van der Waals surface area contributed by atoms with E-state index in [0.717, 1.165) is 44.6 Å². The van der Waals surface area contributed by atoms with Crippen molar-refractivity contribution in [2.24, 2.45) is 0 Å². The van der Waals surface area contributed by atoms with Crippen molar-refractivity contribution in [1.29, 1.82) is 0 Å². The van der Waals surface area contributed by atoms with Crippen LogP contribution >= 0.6 is 0 Å². The fraction of sp³-hybridized carbons (Fsp3) is 0.0189. The molecule has 1 aliphatic carbocycles. The van der Waals surface area contributed by atoms with Crippen LogP contribution in [-0.2, 0) is 5.41 Å². The van der Waals surface area contributed by atoms with Gasteiger partial charge in [0, 0.05) is 22.1 Å². The number of aromatic nitrogens is 2. The highest BCUT2D eigenvalue weighted by Crippen LogP contribution is 2.56. The van der Waals surface area contributed by atoms with Gasteiger partial charge >= 0.3 is 0 Å². The maximum atomic E-state index is 14.9. The van der Waals surface area contributed by atoms with Crippen molar-refractivity contribution in [2.45, 2.75) is 5.41 Å². The number of furan rings is 1. The molecule has 3 nitrogen and oxygen atoms in total. The minimum Gasteiger partial charge on any atom is -0.456 e. The number of nitrogens with zero attached hydrogens (tertiary/aromatic N) is 2. The topological polar surface area (TPSA) is 38.9 Å². The summed E-state index contributed by atoms with van der Waals surface area (Å²) in [5.41, 5.74) is 14.7. The summed E-state index contributed by atoms with van der Waals surface area (Å²) >= 11 is 0. The predicted molar refractivity (Wildman–Crippen MR) is 228 cm³/mol. The highest BCUT2D eigenvalue weighted by molar-refractivity contribution is 6.06. The van der Waals surface area contributed by atoms with Crippen molar-refractivity contribution in [3.63, 3.8) is 0 Å². The molecule has 2 heterocycles. The van der Waals surface area contributed by atoms with Gasteiger partial charge in [-0.3, -0.25) is 0 Å². The summed E-state index contributed by atoms with van der Waals surface area (Å²) in [6, 6.07) is 68.9. The van der Waals surface area contributed by atoms with Gasteiger partial charge in [0.25, 0.3) is 0 Å². The molecule has 11 rings (SSSR count). The minimum absolute atomic E-state index is 0.286. The molecular formula is C53H33FN2O. The molecule has 1 aliphatic rings. The standard InChI is InChI=1S/C53H33FN2O/c54-46-21-12-22-50-51(46)43-31-37(28-30-49(43)57-50)34-23-25-35(26-24-34)47-33-48(56-52(55-47)36-13-4-1-5-14-36)38-27-29-42-41-19-10-11-20-44(41)53(45(42)32-38,39-15-6-2-7-16-39)40-17-8-3-9-18-40/h1-33H. The number of rotatable bonds is 6. The van der Waals surface area contributed by atoms with Crippen LogP contribution < -0.4 is 0 Å². The van der Waals surface area contributed by atoms with Gasteiger partial charge in [-0.15, -0.1) is 0 Å². The smallest absolute Gasteiger partial charge is 0.160 e. The zero-order chi connectivity index (χ0) is 37.9. The van der Waals surface area contributed by atoms with E-state index in [9.17, 15) is 4.39 Å². The predicted octanol–water partition coefficient (Wildman–Crippen LogP) is 13.5. The van der Waals surface area contributed by atoms with Gasteiger partial charge in [-0.25, -0.2) is 14.4 Å². The number of fused-ring (bicyclic) bond motifs is 6. The molecule has 0 amide bonds. The third kappa shape index (κ3) is 5.26. The summed E-state index contributed by atoms with van der Waals surface area (Å²) in [5.74, 6) is 0.374. The van der Waals surface area contributed by atoms with Crippen molar-refractivity contribution >= 4 is 21.9 Å². The van der Waals surface area contributed by atoms with Gasteiger partial charge in [0.05, 0.1) is 22.2 Å². The maximum Gasteiger partial charge on any atom is 0.160 e. The lowest BCUT2D eigenvalue weighted by Gasteiger charge is -2.34. The highest BCUT2D eigenvalue weighted by Gasteiger charge is 2.46. The first kappa shape index (κ1) is 33.0. The van der Waals surface area contributed by atoms with Gasteiger partial charge < -0.3 is 4.42 Å². The molecule has 0 unspecified atom stereocenters. The molecule has 4 heteroatoms. The molecule has 0 atom stereocenters. The summed E-state index contributed by atoms with van der Waals surface area (Å²) in [6.07, 6.45) is 0.